The predicted molar refractivity (Wildman–Crippen MR) is 101 cm³/mol. The molecule has 7 heteroatoms. The first-order chi connectivity index (χ1) is 13.2. The van der Waals surface area contributed by atoms with Gasteiger partial charge in [-0.1, -0.05) is 6.42 Å². The number of anilines is 1. The lowest BCUT2D eigenvalue weighted by Gasteiger charge is -2.31. The van der Waals surface area contributed by atoms with E-state index in [-0.39, 0.29) is 0 Å². The van der Waals surface area contributed by atoms with Gasteiger partial charge >= 0.3 is 0 Å². The minimum absolute atomic E-state index is 0.371. The van der Waals surface area contributed by atoms with Crippen molar-refractivity contribution in [2.24, 2.45) is 11.8 Å². The minimum Gasteiger partial charge on any atom is -0.384 e. The zero-order chi connectivity index (χ0) is 18.3. The SMILES string of the molecule is OC1(CN2CC3CN(c4cc(C5CCC5)ncn4)CC3C2)COCCOC1. The molecule has 1 aromatic rings. The molecule has 1 saturated carbocycles. The fourth-order valence-electron chi connectivity index (χ4n) is 5.06. The van der Waals surface area contributed by atoms with E-state index in [1.165, 1.54) is 25.0 Å². The molecule has 7 nitrogen and oxygen atoms in total. The molecule has 4 aliphatic rings. The van der Waals surface area contributed by atoms with Crippen LogP contribution in [0.3, 0.4) is 0 Å². The molecule has 27 heavy (non-hydrogen) atoms. The summed E-state index contributed by atoms with van der Waals surface area (Å²) < 4.78 is 11.0. The van der Waals surface area contributed by atoms with Gasteiger partial charge in [0.2, 0.25) is 0 Å². The van der Waals surface area contributed by atoms with E-state index in [0.29, 0.717) is 50.7 Å². The Balaban J connectivity index is 1.18. The molecule has 1 N–H and O–H groups in total. The summed E-state index contributed by atoms with van der Waals surface area (Å²) in [6.45, 7) is 6.69. The van der Waals surface area contributed by atoms with E-state index in [1.807, 2.05) is 0 Å². The zero-order valence-corrected chi connectivity index (χ0v) is 15.9. The number of hydrogen-bond acceptors (Lipinski definition) is 7. The van der Waals surface area contributed by atoms with Gasteiger partial charge in [-0.15, -0.1) is 0 Å². The quantitative estimate of drug-likeness (QED) is 0.839. The highest BCUT2D eigenvalue weighted by molar-refractivity contribution is 5.42. The molecule has 148 valence electrons. The fourth-order valence-corrected chi connectivity index (χ4v) is 5.06. The number of likely N-dealkylation sites (tertiary alicyclic amines) is 1. The van der Waals surface area contributed by atoms with Crippen LogP contribution in [0.25, 0.3) is 0 Å². The zero-order valence-electron chi connectivity index (χ0n) is 15.9. The molecule has 3 saturated heterocycles. The van der Waals surface area contributed by atoms with Crippen molar-refractivity contribution in [3.63, 3.8) is 0 Å². The normalized spacial score (nSPS) is 31.5. The van der Waals surface area contributed by atoms with E-state index >= 15 is 0 Å². The van der Waals surface area contributed by atoms with Crippen molar-refractivity contribution in [3.8, 4) is 0 Å². The molecule has 2 unspecified atom stereocenters. The Morgan fingerprint density at radius 1 is 1.04 bits per heavy atom. The van der Waals surface area contributed by atoms with E-state index in [2.05, 4.69) is 25.8 Å². The van der Waals surface area contributed by atoms with Gasteiger partial charge in [-0.3, -0.25) is 4.90 Å². The van der Waals surface area contributed by atoms with Crippen LogP contribution < -0.4 is 4.90 Å². The van der Waals surface area contributed by atoms with Gasteiger partial charge in [-0.25, -0.2) is 9.97 Å². The van der Waals surface area contributed by atoms with Crippen molar-refractivity contribution in [1.82, 2.24) is 14.9 Å². The lowest BCUT2D eigenvalue weighted by Crippen LogP contribution is -2.49. The van der Waals surface area contributed by atoms with Gasteiger partial charge in [0.15, 0.2) is 0 Å². The van der Waals surface area contributed by atoms with Crippen LogP contribution in [-0.2, 0) is 9.47 Å². The number of aromatic nitrogens is 2. The van der Waals surface area contributed by atoms with Crippen molar-refractivity contribution >= 4 is 5.82 Å². The standard InChI is InChI=1S/C20H30N4O3/c25-20(12-26-4-5-27-13-20)11-23-7-16-9-24(10-17(16)8-23)19-6-18(21-14-22-19)15-2-1-3-15/h6,14-17,25H,1-5,7-13H2. The number of fused-ring (bicyclic) bond motifs is 1. The molecule has 3 aliphatic heterocycles. The van der Waals surface area contributed by atoms with Crippen LogP contribution in [0.1, 0.15) is 30.9 Å². The van der Waals surface area contributed by atoms with Crippen molar-refractivity contribution in [3.05, 3.63) is 18.1 Å². The third-order valence-electron chi connectivity index (χ3n) is 6.71. The highest BCUT2D eigenvalue weighted by Crippen LogP contribution is 2.38. The molecule has 0 bridgehead atoms. The van der Waals surface area contributed by atoms with Crippen molar-refractivity contribution < 1.29 is 14.6 Å². The first-order valence-corrected chi connectivity index (χ1v) is 10.4. The molecule has 4 fully saturated rings. The number of ether oxygens (including phenoxy) is 2. The van der Waals surface area contributed by atoms with Crippen LogP contribution in [0.2, 0.25) is 0 Å². The predicted octanol–water partition coefficient (Wildman–Crippen LogP) is 0.890. The van der Waals surface area contributed by atoms with Gasteiger partial charge < -0.3 is 19.5 Å². The van der Waals surface area contributed by atoms with E-state index in [4.69, 9.17) is 9.47 Å². The molecular weight excluding hydrogens is 344 g/mol. The molecular formula is C20H30N4O3. The van der Waals surface area contributed by atoms with Gasteiger partial charge in [0.25, 0.3) is 0 Å². The molecule has 0 amide bonds. The highest BCUT2D eigenvalue weighted by atomic mass is 16.6. The molecule has 0 spiro atoms. The van der Waals surface area contributed by atoms with Crippen LogP contribution in [0.4, 0.5) is 5.82 Å². The molecule has 0 aromatic carbocycles. The van der Waals surface area contributed by atoms with Crippen LogP contribution in [0, 0.1) is 11.8 Å². The Labute approximate surface area is 160 Å². The van der Waals surface area contributed by atoms with Gasteiger partial charge in [0.05, 0.1) is 26.4 Å². The summed E-state index contributed by atoms with van der Waals surface area (Å²) >= 11 is 0. The monoisotopic (exact) mass is 374 g/mol. The fraction of sp³-hybridized carbons (Fsp3) is 0.800. The Morgan fingerprint density at radius 3 is 2.37 bits per heavy atom. The highest BCUT2D eigenvalue weighted by Gasteiger charge is 2.43. The van der Waals surface area contributed by atoms with Crippen molar-refractivity contribution in [2.75, 3.05) is 64.1 Å². The summed E-state index contributed by atoms with van der Waals surface area (Å²) in [5, 5.41) is 10.8. The second-order valence-electron chi connectivity index (χ2n) is 8.88. The van der Waals surface area contributed by atoms with E-state index in [9.17, 15) is 5.11 Å². The van der Waals surface area contributed by atoms with Crippen molar-refractivity contribution in [1.29, 1.82) is 0 Å². The second-order valence-corrected chi connectivity index (χ2v) is 8.88. The van der Waals surface area contributed by atoms with E-state index < -0.39 is 5.60 Å². The average molecular weight is 374 g/mol. The lowest BCUT2D eigenvalue weighted by molar-refractivity contribution is -0.0719. The van der Waals surface area contributed by atoms with E-state index in [1.54, 1.807) is 6.33 Å². The van der Waals surface area contributed by atoms with Crippen LogP contribution in [-0.4, -0.2) is 84.7 Å². The average Bonchev–Trinajstić information content (AvgIpc) is 3.07. The minimum atomic E-state index is -0.876. The molecule has 2 atom stereocenters. The summed E-state index contributed by atoms with van der Waals surface area (Å²) in [6.07, 6.45) is 5.61. The lowest BCUT2D eigenvalue weighted by atomic mass is 9.83. The molecule has 4 heterocycles. The summed E-state index contributed by atoms with van der Waals surface area (Å²) in [7, 11) is 0. The third kappa shape index (κ3) is 3.70. The molecule has 0 radical (unpaired) electrons. The summed E-state index contributed by atoms with van der Waals surface area (Å²) in [5.74, 6) is 3.03. The first kappa shape index (κ1) is 17.8. The Kier molecular flexibility index (Phi) is 4.80. The number of hydrogen-bond donors (Lipinski definition) is 1. The first-order valence-electron chi connectivity index (χ1n) is 10.4. The molecule has 1 aliphatic carbocycles. The number of β-amino-alcohol motifs (C(OH)–C–C–N with tert-alkyl or cyclic N) is 1. The Bertz CT molecular complexity index is 646. The smallest absolute Gasteiger partial charge is 0.132 e. The summed E-state index contributed by atoms with van der Waals surface area (Å²) in [5.41, 5.74) is 0.347. The Hall–Kier alpha value is -1.28. The van der Waals surface area contributed by atoms with Gasteiger partial charge in [-0.05, 0) is 24.7 Å². The van der Waals surface area contributed by atoms with Gasteiger partial charge in [-0.2, -0.15) is 0 Å². The summed E-state index contributed by atoms with van der Waals surface area (Å²) in [4.78, 5) is 13.9. The largest absolute Gasteiger partial charge is 0.384 e. The maximum absolute atomic E-state index is 10.8. The van der Waals surface area contributed by atoms with E-state index in [0.717, 1.165) is 32.0 Å². The number of aliphatic hydroxyl groups is 1. The van der Waals surface area contributed by atoms with Crippen molar-refractivity contribution in [2.45, 2.75) is 30.8 Å². The number of nitrogens with zero attached hydrogens (tertiary/aromatic N) is 4. The van der Waals surface area contributed by atoms with Gasteiger partial charge in [0.1, 0.15) is 17.7 Å². The third-order valence-corrected chi connectivity index (χ3v) is 6.71. The maximum atomic E-state index is 10.8. The second kappa shape index (κ2) is 7.28. The molecule has 1 aromatic heterocycles. The van der Waals surface area contributed by atoms with Crippen LogP contribution in [0.15, 0.2) is 12.4 Å². The van der Waals surface area contributed by atoms with Crippen LogP contribution >= 0.6 is 0 Å². The number of rotatable bonds is 4. The maximum Gasteiger partial charge on any atom is 0.132 e. The molecule has 5 rings (SSSR count). The summed E-state index contributed by atoms with van der Waals surface area (Å²) in [6, 6.07) is 2.21. The topological polar surface area (TPSA) is 71.0 Å². The van der Waals surface area contributed by atoms with Gasteiger partial charge in [0, 0.05) is 50.4 Å². The van der Waals surface area contributed by atoms with Crippen LogP contribution in [0.5, 0.6) is 0 Å². The Morgan fingerprint density at radius 2 is 1.74 bits per heavy atom.